The predicted molar refractivity (Wildman–Crippen MR) is 132 cm³/mol. The largest absolute Gasteiger partial charge is 0.503 e. The number of amides is 1. The van der Waals surface area contributed by atoms with E-state index in [2.05, 4.69) is 14.9 Å². The summed E-state index contributed by atoms with van der Waals surface area (Å²) in [5, 5.41) is 11.7. The van der Waals surface area contributed by atoms with Gasteiger partial charge in [-0.05, 0) is 24.6 Å². The molecular weight excluding hydrogens is 464 g/mol. The molecule has 0 saturated carbocycles. The molecule has 1 amide bonds. The fourth-order valence-electron chi connectivity index (χ4n) is 4.52. The Morgan fingerprint density at radius 1 is 1.11 bits per heavy atom. The van der Waals surface area contributed by atoms with Crippen molar-refractivity contribution in [3.05, 3.63) is 82.3 Å². The van der Waals surface area contributed by atoms with Gasteiger partial charge in [0.15, 0.2) is 5.76 Å². The van der Waals surface area contributed by atoms with Crippen LogP contribution in [0.4, 0.5) is 0 Å². The third-order valence-corrected chi connectivity index (χ3v) is 7.56. The fraction of sp³-hybridized carbons (Fsp3) is 0.308. The summed E-state index contributed by atoms with van der Waals surface area (Å²) in [4.78, 5) is 40.0. The summed E-state index contributed by atoms with van der Waals surface area (Å²) < 4.78 is 5.42. The standard InChI is InChI=1S/C26H26N4O4S/c1-17-24(35-25(28-17)19-5-3-2-4-6-19)22(31)20-21(18-7-9-27-10-8-18)30(26(33)23(20)32)12-11-29-13-15-34-16-14-29/h2-10,21,32H,11-16H2,1H3. The average molecular weight is 491 g/mol. The number of aromatic nitrogens is 2. The molecule has 0 aliphatic carbocycles. The predicted octanol–water partition coefficient (Wildman–Crippen LogP) is 3.42. The van der Waals surface area contributed by atoms with Gasteiger partial charge in [-0.2, -0.15) is 0 Å². The number of nitrogens with zero attached hydrogens (tertiary/aromatic N) is 4. The van der Waals surface area contributed by atoms with E-state index in [0.717, 1.165) is 29.2 Å². The van der Waals surface area contributed by atoms with Crippen LogP contribution in [0.15, 0.2) is 66.2 Å². The Labute approximate surface area is 207 Å². The lowest BCUT2D eigenvalue weighted by Gasteiger charge is -2.31. The first kappa shape index (κ1) is 23.3. The molecule has 0 bridgehead atoms. The number of pyridine rings is 1. The number of rotatable bonds is 7. The van der Waals surface area contributed by atoms with Gasteiger partial charge >= 0.3 is 0 Å². The first-order chi connectivity index (χ1) is 17.0. The zero-order chi connectivity index (χ0) is 24.4. The fourth-order valence-corrected chi connectivity index (χ4v) is 5.54. The van der Waals surface area contributed by atoms with Crippen LogP contribution < -0.4 is 0 Å². The monoisotopic (exact) mass is 490 g/mol. The smallest absolute Gasteiger partial charge is 0.290 e. The zero-order valence-corrected chi connectivity index (χ0v) is 20.2. The Bertz CT molecular complexity index is 1250. The van der Waals surface area contributed by atoms with Gasteiger partial charge in [-0.3, -0.25) is 19.5 Å². The topological polar surface area (TPSA) is 95.9 Å². The van der Waals surface area contributed by atoms with Crippen LogP contribution in [0.25, 0.3) is 10.6 Å². The van der Waals surface area contributed by atoms with E-state index in [1.54, 1.807) is 36.4 Å². The molecule has 8 nitrogen and oxygen atoms in total. The minimum atomic E-state index is -0.694. The van der Waals surface area contributed by atoms with Crippen LogP contribution in [0.5, 0.6) is 0 Å². The maximum atomic E-state index is 13.8. The molecular formula is C26H26N4O4S. The summed E-state index contributed by atoms with van der Waals surface area (Å²) in [6.07, 6.45) is 3.26. The molecule has 1 saturated heterocycles. The average Bonchev–Trinajstić information content (AvgIpc) is 3.41. The Kier molecular flexibility index (Phi) is 6.72. The molecule has 2 aliphatic heterocycles. The number of Topliss-reactive ketones (excluding diaryl/α,β-unsaturated/α-hetero) is 1. The van der Waals surface area contributed by atoms with Crippen molar-refractivity contribution in [3.8, 4) is 10.6 Å². The summed E-state index contributed by atoms with van der Waals surface area (Å²) in [5.74, 6) is -1.40. The summed E-state index contributed by atoms with van der Waals surface area (Å²) in [5.41, 5.74) is 2.31. The van der Waals surface area contributed by atoms with Crippen LogP contribution in [-0.2, 0) is 9.53 Å². The second-order valence-electron chi connectivity index (χ2n) is 8.53. The molecule has 35 heavy (non-hydrogen) atoms. The molecule has 1 atom stereocenters. The molecule has 1 unspecified atom stereocenters. The van der Waals surface area contributed by atoms with Crippen LogP contribution in [0.3, 0.4) is 0 Å². The van der Waals surface area contributed by atoms with E-state index in [9.17, 15) is 14.7 Å². The van der Waals surface area contributed by atoms with Gasteiger partial charge in [-0.1, -0.05) is 30.3 Å². The van der Waals surface area contributed by atoms with Gasteiger partial charge in [0, 0.05) is 44.1 Å². The lowest BCUT2D eigenvalue weighted by Crippen LogP contribution is -2.43. The Balaban J connectivity index is 1.48. The summed E-state index contributed by atoms with van der Waals surface area (Å²) in [7, 11) is 0. The number of morpholine rings is 1. The quantitative estimate of drug-likeness (QED) is 0.507. The minimum absolute atomic E-state index is 0.0922. The number of hydrogen-bond acceptors (Lipinski definition) is 8. The van der Waals surface area contributed by atoms with E-state index in [1.165, 1.54) is 11.3 Å². The van der Waals surface area contributed by atoms with Crippen LogP contribution in [0.2, 0.25) is 0 Å². The molecule has 1 N–H and O–H groups in total. The van der Waals surface area contributed by atoms with Crippen LogP contribution in [0.1, 0.15) is 27.0 Å². The van der Waals surface area contributed by atoms with E-state index in [-0.39, 0.29) is 11.4 Å². The number of ketones is 1. The Morgan fingerprint density at radius 3 is 2.54 bits per heavy atom. The van der Waals surface area contributed by atoms with Gasteiger partial charge in [0.05, 0.1) is 35.4 Å². The lowest BCUT2D eigenvalue weighted by molar-refractivity contribution is -0.129. The molecule has 1 fully saturated rings. The number of aliphatic hydroxyl groups excluding tert-OH is 1. The second-order valence-corrected chi connectivity index (χ2v) is 9.53. The molecule has 4 heterocycles. The second kappa shape index (κ2) is 10.1. The van der Waals surface area contributed by atoms with Crippen molar-refractivity contribution in [1.82, 2.24) is 19.8 Å². The highest BCUT2D eigenvalue weighted by atomic mass is 32.1. The number of ether oxygens (including phenoxy) is 1. The van der Waals surface area contributed by atoms with Crippen molar-refractivity contribution in [2.75, 3.05) is 39.4 Å². The van der Waals surface area contributed by atoms with Gasteiger partial charge in [-0.15, -0.1) is 11.3 Å². The molecule has 0 spiro atoms. The Morgan fingerprint density at radius 2 is 1.83 bits per heavy atom. The first-order valence-corrected chi connectivity index (χ1v) is 12.4. The first-order valence-electron chi connectivity index (χ1n) is 11.6. The number of thiazole rings is 1. The van der Waals surface area contributed by atoms with Gasteiger partial charge in [0.1, 0.15) is 5.01 Å². The van der Waals surface area contributed by atoms with E-state index in [4.69, 9.17) is 4.74 Å². The van der Waals surface area contributed by atoms with Crippen molar-refractivity contribution >= 4 is 23.0 Å². The number of carbonyl (C=O) groups excluding carboxylic acids is 2. The highest BCUT2D eigenvalue weighted by molar-refractivity contribution is 7.17. The van der Waals surface area contributed by atoms with Crippen LogP contribution in [-0.4, -0.2) is 76.0 Å². The lowest BCUT2D eigenvalue weighted by atomic mass is 9.96. The van der Waals surface area contributed by atoms with Gasteiger partial charge in [0.2, 0.25) is 5.78 Å². The van der Waals surface area contributed by atoms with E-state index in [0.29, 0.717) is 36.9 Å². The van der Waals surface area contributed by atoms with Gasteiger partial charge < -0.3 is 14.7 Å². The number of carbonyl (C=O) groups is 2. The summed E-state index contributed by atoms with van der Waals surface area (Å²) in [6, 6.07) is 12.5. The van der Waals surface area contributed by atoms with Gasteiger partial charge in [-0.25, -0.2) is 4.98 Å². The van der Waals surface area contributed by atoms with Crippen molar-refractivity contribution in [2.24, 2.45) is 0 Å². The van der Waals surface area contributed by atoms with Crippen molar-refractivity contribution in [2.45, 2.75) is 13.0 Å². The van der Waals surface area contributed by atoms with E-state index < -0.39 is 17.7 Å². The molecule has 5 rings (SSSR count). The number of aliphatic hydroxyl groups is 1. The SMILES string of the molecule is Cc1nc(-c2ccccc2)sc1C(=O)C1=C(O)C(=O)N(CCN2CCOCC2)C1c1ccncc1. The highest BCUT2D eigenvalue weighted by Gasteiger charge is 2.44. The summed E-state index contributed by atoms with van der Waals surface area (Å²) in [6.45, 7) is 5.67. The van der Waals surface area contributed by atoms with Crippen LogP contribution >= 0.6 is 11.3 Å². The van der Waals surface area contributed by atoms with Crippen molar-refractivity contribution in [3.63, 3.8) is 0 Å². The minimum Gasteiger partial charge on any atom is -0.503 e. The van der Waals surface area contributed by atoms with E-state index in [1.807, 2.05) is 30.3 Å². The maximum absolute atomic E-state index is 13.8. The maximum Gasteiger partial charge on any atom is 0.290 e. The van der Waals surface area contributed by atoms with Crippen molar-refractivity contribution in [1.29, 1.82) is 0 Å². The Hall–Kier alpha value is -3.40. The van der Waals surface area contributed by atoms with Crippen LogP contribution in [0, 0.1) is 6.92 Å². The number of aryl methyl sites for hydroxylation is 1. The molecule has 2 aliphatic rings. The number of benzene rings is 1. The molecule has 2 aromatic heterocycles. The van der Waals surface area contributed by atoms with Crippen molar-refractivity contribution < 1.29 is 19.4 Å². The molecule has 0 radical (unpaired) electrons. The normalized spacial score (nSPS) is 18.9. The van der Waals surface area contributed by atoms with Gasteiger partial charge in [0.25, 0.3) is 5.91 Å². The zero-order valence-electron chi connectivity index (χ0n) is 19.4. The number of hydrogen-bond donors (Lipinski definition) is 1. The molecule has 1 aromatic carbocycles. The summed E-state index contributed by atoms with van der Waals surface area (Å²) >= 11 is 1.28. The molecule has 9 heteroatoms. The highest BCUT2D eigenvalue weighted by Crippen LogP contribution is 2.40. The molecule has 180 valence electrons. The van der Waals surface area contributed by atoms with E-state index >= 15 is 0 Å². The third kappa shape index (κ3) is 4.62. The third-order valence-electron chi connectivity index (χ3n) is 6.35. The molecule has 3 aromatic rings.